The van der Waals surface area contributed by atoms with E-state index in [0.717, 1.165) is 56.6 Å². The van der Waals surface area contributed by atoms with Gasteiger partial charge in [0.1, 0.15) is 6.10 Å². The topological polar surface area (TPSA) is 32.8 Å². The molecule has 5 heteroatoms. The van der Waals surface area contributed by atoms with Gasteiger partial charge in [-0.15, -0.1) is 0 Å². The molecule has 0 spiro atoms. The lowest BCUT2D eigenvalue weighted by molar-refractivity contribution is -0.142. The Morgan fingerprint density at radius 1 is 1.24 bits per heavy atom. The Morgan fingerprint density at radius 2 is 2.00 bits per heavy atom. The van der Waals surface area contributed by atoms with Crippen molar-refractivity contribution in [3.05, 3.63) is 34.3 Å². The number of carbonyl (C=O) groups is 1. The molecule has 0 aromatic heterocycles. The minimum Gasteiger partial charge on any atom is -0.368 e. The van der Waals surface area contributed by atoms with Crippen molar-refractivity contribution in [1.29, 1.82) is 0 Å². The minimum atomic E-state index is -0.181. The number of hydrogen-bond donors (Lipinski definition) is 0. The molecule has 4 nitrogen and oxygen atoms in total. The maximum absolute atomic E-state index is 12.3. The molecule has 0 bridgehead atoms. The van der Waals surface area contributed by atoms with Gasteiger partial charge in [0.15, 0.2) is 0 Å². The molecule has 0 N–H and O–H groups in total. The molecule has 0 radical (unpaired) electrons. The summed E-state index contributed by atoms with van der Waals surface area (Å²) in [6.07, 6.45) is 1.72. The van der Waals surface area contributed by atoms with Gasteiger partial charge in [0.2, 0.25) is 0 Å². The van der Waals surface area contributed by atoms with Crippen LogP contribution in [-0.4, -0.2) is 54.6 Å². The molecular formula is C16H21BrN2O2. The molecule has 2 aliphatic heterocycles. The number of ether oxygens (including phenoxy) is 1. The maximum atomic E-state index is 12.3. The van der Waals surface area contributed by atoms with Gasteiger partial charge in [0, 0.05) is 43.8 Å². The fourth-order valence-corrected chi connectivity index (χ4v) is 3.38. The number of rotatable bonds is 3. The highest BCUT2D eigenvalue weighted by atomic mass is 79.9. The summed E-state index contributed by atoms with van der Waals surface area (Å²) in [6, 6.07) is 8.32. The summed E-state index contributed by atoms with van der Waals surface area (Å²) < 4.78 is 6.65. The highest BCUT2D eigenvalue weighted by Crippen LogP contribution is 2.20. The van der Waals surface area contributed by atoms with E-state index < -0.39 is 0 Å². The molecule has 3 rings (SSSR count). The largest absolute Gasteiger partial charge is 0.368 e. The van der Waals surface area contributed by atoms with Gasteiger partial charge in [-0.3, -0.25) is 9.69 Å². The zero-order valence-corrected chi connectivity index (χ0v) is 13.7. The van der Waals surface area contributed by atoms with E-state index in [-0.39, 0.29) is 12.0 Å². The van der Waals surface area contributed by atoms with Gasteiger partial charge in [-0.25, -0.2) is 0 Å². The first-order valence-corrected chi connectivity index (χ1v) is 8.39. The smallest absolute Gasteiger partial charge is 0.251 e. The van der Waals surface area contributed by atoms with E-state index in [1.54, 1.807) is 0 Å². The standard InChI is InChI=1S/C16H21BrN2O2/c17-14-5-2-1-4-13(14)12-18-7-9-19(10-8-18)16(20)15-6-3-11-21-15/h1-2,4-5,15H,3,6-12H2. The van der Waals surface area contributed by atoms with Crippen molar-refractivity contribution in [1.82, 2.24) is 9.80 Å². The summed E-state index contributed by atoms with van der Waals surface area (Å²) in [4.78, 5) is 16.7. The summed E-state index contributed by atoms with van der Waals surface area (Å²) in [5.74, 6) is 0.188. The molecule has 2 heterocycles. The van der Waals surface area contributed by atoms with Crippen LogP contribution in [0.15, 0.2) is 28.7 Å². The molecule has 114 valence electrons. The number of nitrogens with zero attached hydrogens (tertiary/aromatic N) is 2. The van der Waals surface area contributed by atoms with Crippen LogP contribution >= 0.6 is 15.9 Å². The monoisotopic (exact) mass is 352 g/mol. The molecule has 1 unspecified atom stereocenters. The fourth-order valence-electron chi connectivity index (χ4n) is 2.97. The summed E-state index contributed by atoms with van der Waals surface area (Å²) in [5.41, 5.74) is 1.30. The zero-order chi connectivity index (χ0) is 14.7. The van der Waals surface area contributed by atoms with Crippen molar-refractivity contribution >= 4 is 21.8 Å². The van der Waals surface area contributed by atoms with E-state index in [0.29, 0.717) is 0 Å². The molecule has 2 fully saturated rings. The lowest BCUT2D eigenvalue weighted by atomic mass is 10.1. The Kier molecular flexibility index (Phi) is 4.93. The highest BCUT2D eigenvalue weighted by molar-refractivity contribution is 9.10. The van der Waals surface area contributed by atoms with E-state index in [4.69, 9.17) is 4.74 Å². The third-order valence-electron chi connectivity index (χ3n) is 4.24. The van der Waals surface area contributed by atoms with Gasteiger partial charge in [0.25, 0.3) is 5.91 Å². The molecule has 2 aliphatic rings. The second-order valence-corrected chi connectivity index (χ2v) is 6.55. The number of halogens is 1. The van der Waals surface area contributed by atoms with Crippen LogP contribution in [0.4, 0.5) is 0 Å². The normalized spacial score (nSPS) is 23.5. The van der Waals surface area contributed by atoms with Crippen molar-refractivity contribution < 1.29 is 9.53 Å². The van der Waals surface area contributed by atoms with Gasteiger partial charge < -0.3 is 9.64 Å². The van der Waals surface area contributed by atoms with Gasteiger partial charge in [-0.1, -0.05) is 34.1 Å². The van der Waals surface area contributed by atoms with Gasteiger partial charge in [0.05, 0.1) is 0 Å². The molecule has 1 atom stereocenters. The van der Waals surface area contributed by atoms with Crippen LogP contribution in [0.5, 0.6) is 0 Å². The Balaban J connectivity index is 1.51. The van der Waals surface area contributed by atoms with Crippen molar-refractivity contribution in [2.24, 2.45) is 0 Å². The minimum absolute atomic E-state index is 0.181. The number of piperazine rings is 1. The Hall–Kier alpha value is -0.910. The second kappa shape index (κ2) is 6.90. The van der Waals surface area contributed by atoms with Gasteiger partial charge in [-0.2, -0.15) is 0 Å². The van der Waals surface area contributed by atoms with Crippen LogP contribution in [0, 0.1) is 0 Å². The van der Waals surface area contributed by atoms with Crippen LogP contribution < -0.4 is 0 Å². The Labute approximate surface area is 134 Å². The number of hydrogen-bond acceptors (Lipinski definition) is 3. The predicted octanol–water partition coefficient (Wildman–Crippen LogP) is 2.27. The Morgan fingerprint density at radius 3 is 2.67 bits per heavy atom. The summed E-state index contributed by atoms with van der Waals surface area (Å²) in [5, 5.41) is 0. The molecule has 1 amide bonds. The molecule has 0 aliphatic carbocycles. The lowest BCUT2D eigenvalue weighted by Crippen LogP contribution is -2.51. The summed E-state index contributed by atoms with van der Waals surface area (Å²) in [7, 11) is 0. The van der Waals surface area contributed by atoms with Crippen LogP contribution in [0.2, 0.25) is 0 Å². The maximum Gasteiger partial charge on any atom is 0.251 e. The number of benzene rings is 1. The molecule has 1 aromatic carbocycles. The molecule has 21 heavy (non-hydrogen) atoms. The SMILES string of the molecule is O=C(C1CCCO1)N1CCN(Cc2ccccc2Br)CC1. The highest BCUT2D eigenvalue weighted by Gasteiger charge is 2.30. The van der Waals surface area contributed by atoms with Gasteiger partial charge >= 0.3 is 0 Å². The molecule has 1 aromatic rings. The third kappa shape index (κ3) is 3.65. The number of amides is 1. The van der Waals surface area contributed by atoms with Crippen molar-refractivity contribution in [3.63, 3.8) is 0 Å². The van der Waals surface area contributed by atoms with Crippen LogP contribution in [0.25, 0.3) is 0 Å². The van der Waals surface area contributed by atoms with Crippen LogP contribution in [-0.2, 0) is 16.1 Å². The van der Waals surface area contributed by atoms with E-state index in [1.807, 2.05) is 11.0 Å². The first kappa shape index (κ1) is 15.0. The first-order chi connectivity index (χ1) is 10.2. The van der Waals surface area contributed by atoms with Crippen molar-refractivity contribution in [2.45, 2.75) is 25.5 Å². The van der Waals surface area contributed by atoms with Gasteiger partial charge in [-0.05, 0) is 24.5 Å². The van der Waals surface area contributed by atoms with Crippen LogP contribution in [0.3, 0.4) is 0 Å². The second-order valence-electron chi connectivity index (χ2n) is 5.69. The fraction of sp³-hybridized carbons (Fsp3) is 0.562. The Bertz CT molecular complexity index is 495. The van der Waals surface area contributed by atoms with E-state index in [2.05, 4.69) is 39.0 Å². The molecule has 2 saturated heterocycles. The van der Waals surface area contributed by atoms with E-state index in [1.165, 1.54) is 5.56 Å². The summed E-state index contributed by atoms with van der Waals surface area (Å²) in [6.45, 7) is 5.15. The quantitative estimate of drug-likeness (QED) is 0.836. The first-order valence-electron chi connectivity index (χ1n) is 7.60. The lowest BCUT2D eigenvalue weighted by Gasteiger charge is -2.35. The van der Waals surface area contributed by atoms with Crippen molar-refractivity contribution in [2.75, 3.05) is 32.8 Å². The average Bonchev–Trinajstić information content (AvgIpc) is 3.04. The molecule has 0 saturated carbocycles. The molecular weight excluding hydrogens is 332 g/mol. The average molecular weight is 353 g/mol. The summed E-state index contributed by atoms with van der Waals surface area (Å²) >= 11 is 3.60. The number of carbonyl (C=O) groups excluding carboxylic acids is 1. The van der Waals surface area contributed by atoms with E-state index >= 15 is 0 Å². The zero-order valence-electron chi connectivity index (χ0n) is 12.1. The van der Waals surface area contributed by atoms with E-state index in [9.17, 15) is 4.79 Å². The van der Waals surface area contributed by atoms with Crippen molar-refractivity contribution in [3.8, 4) is 0 Å². The third-order valence-corrected chi connectivity index (χ3v) is 5.01. The van der Waals surface area contributed by atoms with Crippen LogP contribution in [0.1, 0.15) is 18.4 Å². The predicted molar refractivity (Wildman–Crippen MR) is 85.0 cm³/mol.